The summed E-state index contributed by atoms with van der Waals surface area (Å²) in [6.45, 7) is 0.683. The molecule has 2 N–H and O–H groups in total. The Morgan fingerprint density at radius 2 is 2.07 bits per heavy atom. The van der Waals surface area contributed by atoms with Crippen molar-refractivity contribution in [2.45, 2.75) is 6.42 Å². The van der Waals surface area contributed by atoms with Crippen LogP contribution in [0.5, 0.6) is 0 Å². The third-order valence-electron chi connectivity index (χ3n) is 2.54. The van der Waals surface area contributed by atoms with E-state index in [1.165, 1.54) is 21.1 Å². The van der Waals surface area contributed by atoms with E-state index in [9.17, 15) is 0 Å². The van der Waals surface area contributed by atoms with E-state index < -0.39 is 0 Å². The second-order valence-electron chi connectivity index (χ2n) is 3.38. The summed E-state index contributed by atoms with van der Waals surface area (Å²) in [5, 5.41) is 1.26. The van der Waals surface area contributed by atoms with Gasteiger partial charge in [-0.05, 0) is 28.5 Å². The second kappa shape index (κ2) is 3.75. The van der Waals surface area contributed by atoms with Gasteiger partial charge in [0.25, 0.3) is 0 Å². The summed E-state index contributed by atoms with van der Waals surface area (Å²) in [6, 6.07) is 8.36. The van der Waals surface area contributed by atoms with Crippen molar-refractivity contribution in [2.24, 2.45) is 12.8 Å². The number of benzene rings is 1. The van der Waals surface area contributed by atoms with E-state index in [0.717, 1.165) is 6.42 Å². The van der Waals surface area contributed by atoms with Crippen LogP contribution >= 0.6 is 15.9 Å². The number of nitrogens with zero attached hydrogens (tertiary/aromatic N) is 1. The Bertz CT molecular complexity index is 421. The molecule has 1 aromatic heterocycles. The molecule has 0 amide bonds. The summed E-state index contributed by atoms with van der Waals surface area (Å²) in [5.41, 5.74) is 8.11. The number of nitrogens with two attached hydrogens (primary N) is 1. The molecule has 2 nitrogen and oxygen atoms in total. The van der Waals surface area contributed by atoms with E-state index in [-0.39, 0.29) is 0 Å². The molecule has 1 heterocycles. The molecule has 0 radical (unpaired) electrons. The van der Waals surface area contributed by atoms with Crippen molar-refractivity contribution in [1.82, 2.24) is 4.57 Å². The molecule has 2 aromatic rings. The summed E-state index contributed by atoms with van der Waals surface area (Å²) in [6.07, 6.45) is 0.908. The number of hydrogen-bond donors (Lipinski definition) is 1. The van der Waals surface area contributed by atoms with Gasteiger partial charge in [0.05, 0.1) is 0 Å². The van der Waals surface area contributed by atoms with E-state index in [2.05, 4.69) is 51.8 Å². The van der Waals surface area contributed by atoms with Gasteiger partial charge >= 0.3 is 0 Å². The highest BCUT2D eigenvalue weighted by atomic mass is 79.9. The highest BCUT2D eigenvalue weighted by molar-refractivity contribution is 9.10. The van der Waals surface area contributed by atoms with Crippen molar-refractivity contribution >= 4 is 26.8 Å². The average Bonchev–Trinajstić information content (AvgIpc) is 2.45. The third kappa shape index (κ3) is 1.37. The quantitative estimate of drug-likeness (QED) is 0.875. The van der Waals surface area contributed by atoms with Crippen molar-refractivity contribution in [3.63, 3.8) is 0 Å². The maximum absolute atomic E-state index is 5.59. The van der Waals surface area contributed by atoms with Gasteiger partial charge in [-0.2, -0.15) is 0 Å². The highest BCUT2D eigenvalue weighted by Gasteiger charge is 2.10. The molecule has 0 bridgehead atoms. The molecule has 0 aliphatic heterocycles. The molecule has 0 saturated heterocycles. The fourth-order valence-corrected chi connectivity index (χ4v) is 2.61. The summed E-state index contributed by atoms with van der Waals surface area (Å²) in [4.78, 5) is 0. The SMILES string of the molecule is Cn1c(CCN)c(Br)c2ccccc21. The zero-order valence-electron chi connectivity index (χ0n) is 8.13. The van der Waals surface area contributed by atoms with Crippen LogP contribution in [0.25, 0.3) is 10.9 Å². The molecule has 3 heteroatoms. The Balaban J connectivity index is 2.72. The lowest BCUT2D eigenvalue weighted by molar-refractivity contribution is 0.823. The van der Waals surface area contributed by atoms with Crippen LogP contribution in [0.4, 0.5) is 0 Å². The van der Waals surface area contributed by atoms with Gasteiger partial charge in [0.15, 0.2) is 0 Å². The van der Waals surface area contributed by atoms with Crippen molar-refractivity contribution in [3.05, 3.63) is 34.4 Å². The van der Waals surface area contributed by atoms with Crippen molar-refractivity contribution < 1.29 is 0 Å². The summed E-state index contributed by atoms with van der Waals surface area (Å²) >= 11 is 3.63. The third-order valence-corrected chi connectivity index (χ3v) is 3.43. The van der Waals surface area contributed by atoms with E-state index in [0.29, 0.717) is 6.54 Å². The first-order valence-electron chi connectivity index (χ1n) is 4.67. The van der Waals surface area contributed by atoms with Crippen LogP contribution in [0.15, 0.2) is 28.7 Å². The first-order chi connectivity index (χ1) is 6.75. The zero-order chi connectivity index (χ0) is 10.1. The van der Waals surface area contributed by atoms with E-state index in [4.69, 9.17) is 5.73 Å². The monoisotopic (exact) mass is 252 g/mol. The predicted octanol–water partition coefficient (Wildman–Crippen LogP) is 2.44. The number of hydrogen-bond acceptors (Lipinski definition) is 1. The molecule has 14 heavy (non-hydrogen) atoms. The van der Waals surface area contributed by atoms with Crippen LogP contribution < -0.4 is 5.73 Å². The van der Waals surface area contributed by atoms with Crippen LogP contribution in [-0.2, 0) is 13.5 Å². The lowest BCUT2D eigenvalue weighted by Crippen LogP contribution is -2.06. The molecule has 0 saturated carbocycles. The Labute approximate surface area is 91.8 Å². The van der Waals surface area contributed by atoms with Gasteiger partial charge in [0.1, 0.15) is 0 Å². The summed E-state index contributed by atoms with van der Waals surface area (Å²) in [7, 11) is 2.08. The molecular weight excluding hydrogens is 240 g/mol. The Morgan fingerprint density at radius 3 is 2.71 bits per heavy atom. The lowest BCUT2D eigenvalue weighted by atomic mass is 10.2. The molecule has 0 fully saturated rings. The van der Waals surface area contributed by atoms with Gasteiger partial charge in [-0.15, -0.1) is 0 Å². The van der Waals surface area contributed by atoms with E-state index in [1.807, 2.05) is 0 Å². The Morgan fingerprint density at radius 1 is 1.36 bits per heavy atom. The van der Waals surface area contributed by atoms with Crippen LogP contribution in [0.2, 0.25) is 0 Å². The minimum atomic E-state index is 0.683. The standard InChI is InChI=1S/C11H13BrN2/c1-14-9-5-3-2-4-8(9)11(12)10(14)6-7-13/h2-5H,6-7,13H2,1H3. The van der Waals surface area contributed by atoms with Crippen LogP contribution in [0.1, 0.15) is 5.69 Å². The first-order valence-corrected chi connectivity index (χ1v) is 5.47. The molecule has 0 aliphatic carbocycles. The summed E-state index contributed by atoms with van der Waals surface area (Å²) in [5.74, 6) is 0. The maximum Gasteiger partial charge on any atom is 0.0491 e. The topological polar surface area (TPSA) is 30.9 Å². The zero-order valence-corrected chi connectivity index (χ0v) is 9.71. The molecule has 2 rings (SSSR count). The second-order valence-corrected chi connectivity index (χ2v) is 4.17. The number of rotatable bonds is 2. The smallest absolute Gasteiger partial charge is 0.0491 e. The van der Waals surface area contributed by atoms with Crippen molar-refractivity contribution in [3.8, 4) is 0 Å². The fourth-order valence-electron chi connectivity index (χ4n) is 1.81. The van der Waals surface area contributed by atoms with E-state index >= 15 is 0 Å². The molecule has 74 valence electrons. The number of fused-ring (bicyclic) bond motifs is 1. The van der Waals surface area contributed by atoms with E-state index in [1.54, 1.807) is 0 Å². The molecule has 1 aromatic carbocycles. The first kappa shape index (κ1) is 9.74. The van der Waals surface area contributed by atoms with Crippen LogP contribution in [0, 0.1) is 0 Å². The normalized spacial score (nSPS) is 11.1. The Hall–Kier alpha value is -0.800. The maximum atomic E-state index is 5.59. The van der Waals surface area contributed by atoms with Gasteiger partial charge in [-0.1, -0.05) is 18.2 Å². The van der Waals surface area contributed by atoms with Gasteiger partial charge in [-0.3, -0.25) is 0 Å². The van der Waals surface area contributed by atoms with Crippen LogP contribution in [0.3, 0.4) is 0 Å². The average molecular weight is 253 g/mol. The molecule has 0 unspecified atom stereocenters. The number of aryl methyl sites for hydroxylation is 1. The number of para-hydroxylation sites is 1. The predicted molar refractivity (Wildman–Crippen MR) is 63.4 cm³/mol. The molecule has 0 aliphatic rings. The van der Waals surface area contributed by atoms with Crippen molar-refractivity contribution in [1.29, 1.82) is 0 Å². The van der Waals surface area contributed by atoms with Crippen LogP contribution in [-0.4, -0.2) is 11.1 Å². The van der Waals surface area contributed by atoms with Gasteiger partial charge in [-0.25, -0.2) is 0 Å². The largest absolute Gasteiger partial charge is 0.346 e. The number of aromatic nitrogens is 1. The van der Waals surface area contributed by atoms with Crippen molar-refractivity contribution in [2.75, 3.05) is 6.54 Å². The van der Waals surface area contributed by atoms with Gasteiger partial charge in [0.2, 0.25) is 0 Å². The van der Waals surface area contributed by atoms with Gasteiger partial charge < -0.3 is 10.3 Å². The molecular formula is C11H13BrN2. The fraction of sp³-hybridized carbons (Fsp3) is 0.273. The molecule has 0 atom stereocenters. The highest BCUT2D eigenvalue weighted by Crippen LogP contribution is 2.30. The number of halogens is 1. The summed E-state index contributed by atoms with van der Waals surface area (Å²) < 4.78 is 3.38. The lowest BCUT2D eigenvalue weighted by Gasteiger charge is -2.02. The molecule has 0 spiro atoms. The Kier molecular flexibility index (Phi) is 2.61. The minimum Gasteiger partial charge on any atom is -0.346 e. The van der Waals surface area contributed by atoms with Gasteiger partial charge in [0, 0.05) is 34.5 Å². The minimum absolute atomic E-state index is 0.683.